The van der Waals surface area contributed by atoms with Crippen LogP contribution in [0.15, 0.2) is 39.7 Å². The van der Waals surface area contributed by atoms with Crippen LogP contribution in [0, 0.1) is 0 Å². The molecule has 1 aromatic carbocycles. The van der Waals surface area contributed by atoms with Gasteiger partial charge in [-0.1, -0.05) is 0 Å². The maximum Gasteiger partial charge on any atom is 0.341 e. The van der Waals surface area contributed by atoms with Gasteiger partial charge in [0.2, 0.25) is 0 Å². The van der Waals surface area contributed by atoms with Crippen molar-refractivity contribution in [2.45, 2.75) is 6.42 Å². The maximum atomic E-state index is 12.3. The number of nitrogens with zero attached hydrogens (tertiary/aromatic N) is 1. The Morgan fingerprint density at radius 3 is 2.69 bits per heavy atom. The van der Waals surface area contributed by atoms with Crippen molar-refractivity contribution in [2.75, 3.05) is 13.7 Å². The van der Waals surface area contributed by atoms with Crippen LogP contribution < -0.4 is 0 Å². The number of thioether (sulfide) groups is 1. The summed E-state index contributed by atoms with van der Waals surface area (Å²) in [6, 6.07) is 7.46. The van der Waals surface area contributed by atoms with E-state index in [1.807, 2.05) is 0 Å². The molecule has 1 fully saturated rings. The van der Waals surface area contributed by atoms with Crippen molar-refractivity contribution < 1.29 is 38.5 Å². The zero-order valence-electron chi connectivity index (χ0n) is 15.1. The lowest BCUT2D eigenvalue weighted by atomic mass is 10.1. The van der Waals surface area contributed by atoms with Gasteiger partial charge in [0.05, 0.1) is 18.4 Å². The Kier molecular flexibility index (Phi) is 5.74. The molecular formula is C19H15NO8S. The Labute approximate surface area is 168 Å². The fourth-order valence-corrected chi connectivity index (χ4v) is 3.42. The quantitative estimate of drug-likeness (QED) is 0.537. The molecule has 0 radical (unpaired) electrons. The summed E-state index contributed by atoms with van der Waals surface area (Å²) in [7, 11) is 1.20. The van der Waals surface area contributed by atoms with Gasteiger partial charge in [-0.3, -0.25) is 19.3 Å². The second-order valence-electron chi connectivity index (χ2n) is 5.90. The molecule has 0 saturated carbocycles. The van der Waals surface area contributed by atoms with Crippen LogP contribution in [0.1, 0.15) is 22.5 Å². The molecule has 1 aliphatic heterocycles. The lowest BCUT2D eigenvalue weighted by molar-refractivity contribution is -0.137. The minimum atomic E-state index is -1.11. The van der Waals surface area contributed by atoms with Gasteiger partial charge in [-0.25, -0.2) is 4.79 Å². The first-order valence-corrected chi connectivity index (χ1v) is 9.10. The van der Waals surface area contributed by atoms with Gasteiger partial charge in [-0.15, -0.1) is 0 Å². The summed E-state index contributed by atoms with van der Waals surface area (Å²) in [5.74, 6) is -1.97. The number of hydrogen-bond acceptors (Lipinski definition) is 8. The Balaban J connectivity index is 1.82. The van der Waals surface area contributed by atoms with Gasteiger partial charge in [0, 0.05) is 18.2 Å². The number of phenolic OH excluding ortho intramolecular Hbond substituents is 1. The van der Waals surface area contributed by atoms with Crippen molar-refractivity contribution >= 4 is 40.9 Å². The number of carbonyl (C=O) groups excluding carboxylic acids is 3. The Hall–Kier alpha value is -3.53. The predicted octanol–water partition coefficient (Wildman–Crippen LogP) is 2.95. The van der Waals surface area contributed by atoms with Gasteiger partial charge >= 0.3 is 11.9 Å². The molecular weight excluding hydrogens is 402 g/mol. The topological polar surface area (TPSA) is 134 Å². The van der Waals surface area contributed by atoms with Crippen molar-refractivity contribution in [3.8, 4) is 17.1 Å². The summed E-state index contributed by atoms with van der Waals surface area (Å²) in [5.41, 5.74) is 0.472. The van der Waals surface area contributed by atoms with Crippen molar-refractivity contribution in [1.29, 1.82) is 0 Å². The normalized spacial score (nSPS) is 15.2. The van der Waals surface area contributed by atoms with Crippen molar-refractivity contribution in [2.24, 2.45) is 0 Å². The van der Waals surface area contributed by atoms with Crippen molar-refractivity contribution in [3.63, 3.8) is 0 Å². The highest BCUT2D eigenvalue weighted by Crippen LogP contribution is 2.34. The number of rotatable bonds is 6. The molecule has 150 valence electrons. The van der Waals surface area contributed by atoms with Crippen LogP contribution in [-0.2, 0) is 14.3 Å². The molecule has 0 spiro atoms. The smallest absolute Gasteiger partial charge is 0.341 e. The number of methoxy groups -OCH3 is 1. The maximum absolute atomic E-state index is 12.3. The predicted molar refractivity (Wildman–Crippen MR) is 102 cm³/mol. The van der Waals surface area contributed by atoms with Crippen LogP contribution in [0.2, 0.25) is 0 Å². The second kappa shape index (κ2) is 8.23. The van der Waals surface area contributed by atoms with E-state index in [0.29, 0.717) is 23.1 Å². The molecule has 0 unspecified atom stereocenters. The molecule has 0 aliphatic carbocycles. The van der Waals surface area contributed by atoms with E-state index in [9.17, 15) is 24.3 Å². The minimum Gasteiger partial charge on any atom is -0.507 e. The summed E-state index contributed by atoms with van der Waals surface area (Å²) >= 11 is 0.696. The van der Waals surface area contributed by atoms with Gasteiger partial charge < -0.3 is 19.4 Å². The number of aliphatic carboxylic acids is 1. The molecule has 2 aromatic rings. The van der Waals surface area contributed by atoms with Crippen LogP contribution in [0.25, 0.3) is 17.4 Å². The molecule has 9 nitrogen and oxygen atoms in total. The number of imide groups is 1. The Morgan fingerprint density at radius 1 is 1.24 bits per heavy atom. The first-order valence-electron chi connectivity index (χ1n) is 8.29. The molecule has 29 heavy (non-hydrogen) atoms. The number of esters is 1. The van der Waals surface area contributed by atoms with E-state index in [0.717, 1.165) is 4.90 Å². The zero-order valence-corrected chi connectivity index (χ0v) is 15.9. The molecule has 3 rings (SSSR count). The molecule has 2 amide bonds. The summed E-state index contributed by atoms with van der Waals surface area (Å²) < 4.78 is 10.3. The number of carboxylic acids is 1. The number of furan rings is 1. The van der Waals surface area contributed by atoms with Crippen LogP contribution in [0.4, 0.5) is 4.79 Å². The van der Waals surface area contributed by atoms with Crippen molar-refractivity contribution in [1.82, 2.24) is 4.90 Å². The standard InChI is InChI=1S/C19H15NO8S/c1-27-18(25)12-8-10(2-4-13(12)21)14-5-3-11(28-14)9-15-17(24)20(19(26)29-15)7-6-16(22)23/h2-5,8-9,21H,6-7H2,1H3,(H,22,23)/b15-9-. The number of amides is 2. The van der Waals surface area contributed by atoms with Crippen LogP contribution in [0.3, 0.4) is 0 Å². The summed E-state index contributed by atoms with van der Waals surface area (Å²) in [5, 5.41) is 17.9. The molecule has 1 aliphatic rings. The fourth-order valence-electron chi connectivity index (χ4n) is 2.58. The van der Waals surface area contributed by atoms with Gasteiger partial charge in [0.1, 0.15) is 22.8 Å². The number of aromatic hydroxyl groups is 1. The monoisotopic (exact) mass is 417 g/mol. The lowest BCUT2D eigenvalue weighted by Gasteiger charge is -2.09. The van der Waals surface area contributed by atoms with Gasteiger partial charge in [0.25, 0.3) is 11.1 Å². The third-order valence-electron chi connectivity index (χ3n) is 4.01. The fraction of sp³-hybridized carbons (Fsp3) is 0.158. The molecule has 0 bridgehead atoms. The summed E-state index contributed by atoms with van der Waals surface area (Å²) in [6.07, 6.45) is 1.05. The highest BCUT2D eigenvalue weighted by Gasteiger charge is 2.35. The molecule has 1 saturated heterocycles. The van der Waals surface area contributed by atoms with Gasteiger partial charge in [-0.05, 0) is 42.1 Å². The van der Waals surface area contributed by atoms with E-state index in [4.69, 9.17) is 9.52 Å². The Morgan fingerprint density at radius 2 is 2.00 bits per heavy atom. The lowest BCUT2D eigenvalue weighted by Crippen LogP contribution is -2.30. The first-order chi connectivity index (χ1) is 13.8. The highest BCUT2D eigenvalue weighted by molar-refractivity contribution is 8.18. The average molecular weight is 417 g/mol. The number of carbonyl (C=O) groups is 4. The summed E-state index contributed by atoms with van der Waals surface area (Å²) in [4.78, 5) is 47.6. The number of carboxylic acid groups (broad SMARTS) is 1. The third kappa shape index (κ3) is 4.32. The van der Waals surface area contributed by atoms with E-state index in [1.165, 1.54) is 25.3 Å². The van der Waals surface area contributed by atoms with Crippen LogP contribution >= 0.6 is 11.8 Å². The van der Waals surface area contributed by atoms with E-state index >= 15 is 0 Å². The number of phenols is 1. The Bertz CT molecular complexity index is 1040. The van der Waals surface area contributed by atoms with Crippen LogP contribution in [0.5, 0.6) is 5.75 Å². The minimum absolute atomic E-state index is 0.0255. The zero-order chi connectivity index (χ0) is 21.1. The average Bonchev–Trinajstić information content (AvgIpc) is 3.25. The molecule has 10 heteroatoms. The molecule has 2 heterocycles. The largest absolute Gasteiger partial charge is 0.507 e. The SMILES string of the molecule is COC(=O)c1cc(-c2ccc(/C=C3\SC(=O)N(CCC(=O)O)C3=O)o2)ccc1O. The van der Waals surface area contributed by atoms with E-state index in [1.54, 1.807) is 18.2 Å². The van der Waals surface area contributed by atoms with E-state index in [2.05, 4.69) is 4.74 Å². The van der Waals surface area contributed by atoms with Gasteiger partial charge in [-0.2, -0.15) is 0 Å². The third-order valence-corrected chi connectivity index (χ3v) is 4.92. The van der Waals surface area contributed by atoms with E-state index in [-0.39, 0.29) is 34.9 Å². The van der Waals surface area contributed by atoms with Crippen LogP contribution in [-0.4, -0.2) is 51.9 Å². The summed E-state index contributed by atoms with van der Waals surface area (Å²) in [6.45, 7) is -0.204. The first kappa shape index (κ1) is 20.2. The number of ether oxygens (including phenoxy) is 1. The second-order valence-corrected chi connectivity index (χ2v) is 6.90. The number of hydrogen-bond donors (Lipinski definition) is 2. The van der Waals surface area contributed by atoms with Crippen molar-refractivity contribution in [3.05, 3.63) is 46.6 Å². The molecule has 0 atom stereocenters. The number of benzene rings is 1. The van der Waals surface area contributed by atoms with Gasteiger partial charge in [0.15, 0.2) is 0 Å². The molecule has 2 N–H and O–H groups in total. The molecule has 1 aromatic heterocycles. The highest BCUT2D eigenvalue weighted by atomic mass is 32.2. The van der Waals surface area contributed by atoms with E-state index < -0.39 is 23.1 Å².